The highest BCUT2D eigenvalue weighted by Crippen LogP contribution is 2.38. The molecule has 2 heterocycles. The van der Waals surface area contributed by atoms with E-state index in [9.17, 15) is 4.79 Å². The van der Waals surface area contributed by atoms with E-state index in [1.165, 1.54) is 5.56 Å². The standard InChI is InChI=1S/C32H33ClN6O/c1-37(2)16-15-21-11-13-24(14-12-21)35-32-34-20-23-17-27(31(40)39(5)30(23)36-32)26-19-29(38(3)4)25(18-28(26)33)22-9-7-6-8-10-22/h6-14,17-20H,15-16H2,1-5H3,(H,34,35,36). The third kappa shape index (κ3) is 5.71. The fourth-order valence-electron chi connectivity index (χ4n) is 4.72. The van der Waals surface area contributed by atoms with Crippen molar-refractivity contribution >= 4 is 40.0 Å². The van der Waals surface area contributed by atoms with Gasteiger partial charge in [-0.25, -0.2) is 4.98 Å². The molecule has 0 spiro atoms. The lowest BCUT2D eigenvalue weighted by Crippen LogP contribution is -2.20. The van der Waals surface area contributed by atoms with Crippen LogP contribution in [0.2, 0.25) is 5.02 Å². The minimum absolute atomic E-state index is 0.179. The molecule has 0 aliphatic heterocycles. The molecule has 0 saturated heterocycles. The first-order valence-electron chi connectivity index (χ1n) is 13.2. The van der Waals surface area contributed by atoms with Crippen LogP contribution >= 0.6 is 11.6 Å². The number of aromatic nitrogens is 3. The zero-order valence-electron chi connectivity index (χ0n) is 23.4. The summed E-state index contributed by atoms with van der Waals surface area (Å²) in [6, 6.07) is 24.1. The number of rotatable bonds is 8. The second-order valence-corrected chi connectivity index (χ2v) is 10.8. The Hall–Kier alpha value is -4.20. The van der Waals surface area contributed by atoms with Crippen LogP contribution in [-0.4, -0.2) is 54.2 Å². The summed E-state index contributed by atoms with van der Waals surface area (Å²) in [6.45, 7) is 0.995. The van der Waals surface area contributed by atoms with Crippen molar-refractivity contribution in [2.75, 3.05) is 45.0 Å². The number of anilines is 3. The fraction of sp³-hybridized carbons (Fsp3) is 0.219. The summed E-state index contributed by atoms with van der Waals surface area (Å²) in [5.74, 6) is 0.427. The Morgan fingerprint density at radius 1 is 0.900 bits per heavy atom. The van der Waals surface area contributed by atoms with E-state index >= 15 is 0 Å². The van der Waals surface area contributed by atoms with E-state index < -0.39 is 0 Å². The Morgan fingerprint density at radius 3 is 2.30 bits per heavy atom. The van der Waals surface area contributed by atoms with E-state index in [4.69, 9.17) is 11.6 Å². The average Bonchev–Trinajstić information content (AvgIpc) is 2.95. The molecular formula is C32H33ClN6O. The Labute approximate surface area is 239 Å². The van der Waals surface area contributed by atoms with Crippen LogP contribution in [0.4, 0.5) is 17.3 Å². The van der Waals surface area contributed by atoms with Crippen LogP contribution in [0.3, 0.4) is 0 Å². The highest BCUT2D eigenvalue weighted by atomic mass is 35.5. The number of nitrogens with one attached hydrogen (secondary N) is 1. The zero-order valence-corrected chi connectivity index (χ0v) is 24.2. The summed E-state index contributed by atoms with van der Waals surface area (Å²) in [6.07, 6.45) is 2.72. The molecule has 0 aliphatic rings. The van der Waals surface area contributed by atoms with E-state index in [0.29, 0.717) is 27.7 Å². The molecule has 3 aromatic carbocycles. The van der Waals surface area contributed by atoms with E-state index in [-0.39, 0.29) is 5.56 Å². The molecule has 0 amide bonds. The minimum atomic E-state index is -0.179. The summed E-state index contributed by atoms with van der Waals surface area (Å²) in [4.78, 5) is 27.0. The van der Waals surface area contributed by atoms with Crippen LogP contribution in [-0.2, 0) is 13.5 Å². The molecule has 1 N–H and O–H groups in total. The molecule has 7 nitrogen and oxygen atoms in total. The monoisotopic (exact) mass is 552 g/mol. The van der Waals surface area contributed by atoms with Gasteiger partial charge in [0, 0.05) is 72.4 Å². The first kappa shape index (κ1) is 27.4. The second-order valence-electron chi connectivity index (χ2n) is 10.4. The van der Waals surface area contributed by atoms with Crippen LogP contribution in [0, 0.1) is 0 Å². The number of halogens is 1. The number of benzene rings is 3. The lowest BCUT2D eigenvalue weighted by molar-refractivity contribution is 0.413. The van der Waals surface area contributed by atoms with Crippen LogP contribution in [0.1, 0.15) is 5.56 Å². The van der Waals surface area contributed by atoms with Gasteiger partial charge in [-0.05, 0) is 62.0 Å². The number of nitrogens with zero attached hydrogens (tertiary/aromatic N) is 5. The molecule has 0 fully saturated rings. The molecule has 0 aliphatic carbocycles. The third-order valence-electron chi connectivity index (χ3n) is 6.95. The molecule has 0 atom stereocenters. The van der Waals surface area contributed by atoms with Crippen molar-refractivity contribution in [1.29, 1.82) is 0 Å². The molecule has 204 valence electrons. The topological polar surface area (TPSA) is 66.3 Å². The molecule has 0 unspecified atom stereocenters. The normalized spacial score (nSPS) is 11.3. The minimum Gasteiger partial charge on any atom is -0.377 e. The fourth-order valence-corrected chi connectivity index (χ4v) is 4.99. The second kappa shape index (κ2) is 11.5. The highest BCUT2D eigenvalue weighted by molar-refractivity contribution is 6.34. The average molecular weight is 553 g/mol. The van der Waals surface area contributed by atoms with E-state index in [1.807, 2.05) is 67.5 Å². The van der Waals surface area contributed by atoms with Gasteiger partial charge < -0.3 is 15.1 Å². The SMILES string of the molecule is CN(C)CCc1ccc(Nc2ncc3cc(-c4cc(N(C)C)c(-c5ccccc5)cc4Cl)c(=O)n(C)c3n2)cc1. The van der Waals surface area contributed by atoms with Gasteiger partial charge in [0.1, 0.15) is 5.65 Å². The number of hydrogen-bond donors (Lipinski definition) is 1. The number of hydrogen-bond acceptors (Lipinski definition) is 6. The van der Waals surface area contributed by atoms with Gasteiger partial charge in [0.2, 0.25) is 5.95 Å². The van der Waals surface area contributed by atoms with Crippen molar-refractivity contribution in [3.8, 4) is 22.3 Å². The van der Waals surface area contributed by atoms with Gasteiger partial charge in [-0.15, -0.1) is 0 Å². The van der Waals surface area contributed by atoms with Gasteiger partial charge in [0.25, 0.3) is 5.56 Å². The first-order valence-corrected chi connectivity index (χ1v) is 13.5. The summed E-state index contributed by atoms with van der Waals surface area (Å²) < 4.78 is 1.55. The van der Waals surface area contributed by atoms with Crippen LogP contribution in [0.25, 0.3) is 33.3 Å². The smallest absolute Gasteiger partial charge is 0.259 e. The van der Waals surface area contributed by atoms with Crippen LogP contribution < -0.4 is 15.8 Å². The summed E-state index contributed by atoms with van der Waals surface area (Å²) in [5.41, 5.74) is 6.71. The van der Waals surface area contributed by atoms with Crippen molar-refractivity contribution < 1.29 is 0 Å². The first-order chi connectivity index (χ1) is 19.2. The van der Waals surface area contributed by atoms with Crippen molar-refractivity contribution in [1.82, 2.24) is 19.4 Å². The van der Waals surface area contributed by atoms with Crippen molar-refractivity contribution in [2.24, 2.45) is 7.05 Å². The quantitative estimate of drug-likeness (QED) is 0.246. The molecule has 5 rings (SSSR count). The highest BCUT2D eigenvalue weighted by Gasteiger charge is 2.18. The van der Waals surface area contributed by atoms with E-state index in [1.54, 1.807) is 17.8 Å². The molecule has 40 heavy (non-hydrogen) atoms. The van der Waals surface area contributed by atoms with Crippen molar-refractivity contribution in [3.63, 3.8) is 0 Å². The Morgan fingerprint density at radius 2 is 1.62 bits per heavy atom. The van der Waals surface area contributed by atoms with Gasteiger partial charge in [-0.2, -0.15) is 4.98 Å². The van der Waals surface area contributed by atoms with Gasteiger partial charge >= 0.3 is 0 Å². The Kier molecular flexibility index (Phi) is 7.87. The molecule has 0 saturated carbocycles. The van der Waals surface area contributed by atoms with Crippen LogP contribution in [0.15, 0.2) is 83.8 Å². The zero-order chi connectivity index (χ0) is 28.4. The van der Waals surface area contributed by atoms with Gasteiger partial charge in [-0.3, -0.25) is 9.36 Å². The summed E-state index contributed by atoms with van der Waals surface area (Å²) >= 11 is 6.82. The molecular weight excluding hydrogens is 520 g/mol. The van der Waals surface area contributed by atoms with E-state index in [2.05, 4.69) is 58.5 Å². The van der Waals surface area contributed by atoms with Gasteiger partial charge in [0.15, 0.2) is 0 Å². The largest absolute Gasteiger partial charge is 0.377 e. The molecule has 2 aromatic heterocycles. The number of fused-ring (bicyclic) bond motifs is 1. The van der Waals surface area contributed by atoms with Gasteiger partial charge in [0.05, 0.1) is 0 Å². The maximum Gasteiger partial charge on any atom is 0.259 e. The van der Waals surface area contributed by atoms with Crippen LogP contribution in [0.5, 0.6) is 0 Å². The number of aryl methyl sites for hydroxylation is 1. The van der Waals surface area contributed by atoms with E-state index in [0.717, 1.165) is 40.9 Å². The molecule has 0 bridgehead atoms. The van der Waals surface area contributed by atoms with Gasteiger partial charge in [-0.1, -0.05) is 54.1 Å². The third-order valence-corrected chi connectivity index (χ3v) is 7.26. The lowest BCUT2D eigenvalue weighted by Gasteiger charge is -2.20. The summed E-state index contributed by atoms with van der Waals surface area (Å²) in [7, 11) is 9.83. The predicted molar refractivity (Wildman–Crippen MR) is 167 cm³/mol. The Bertz CT molecular complexity index is 1710. The lowest BCUT2D eigenvalue weighted by atomic mass is 9.97. The molecule has 5 aromatic rings. The summed E-state index contributed by atoms with van der Waals surface area (Å²) in [5, 5.41) is 4.51. The molecule has 8 heteroatoms. The number of pyridine rings is 1. The maximum atomic E-state index is 13.6. The predicted octanol–water partition coefficient (Wildman–Crippen LogP) is 6.23. The van der Waals surface area contributed by atoms with Crippen molar-refractivity contribution in [2.45, 2.75) is 6.42 Å². The van der Waals surface area contributed by atoms with Crippen molar-refractivity contribution in [3.05, 3.63) is 99.9 Å². The molecule has 0 radical (unpaired) electrons. The Balaban J connectivity index is 1.49. The number of likely N-dealkylation sites (N-methyl/N-ethyl adjacent to an activating group) is 1. The maximum absolute atomic E-state index is 13.6.